The summed E-state index contributed by atoms with van der Waals surface area (Å²) < 4.78 is 4.90. The predicted molar refractivity (Wildman–Crippen MR) is 39.7 cm³/mol. The maximum Gasteiger partial charge on any atom is 0.0462 e. The van der Waals surface area contributed by atoms with Crippen LogP contribution in [0.2, 0.25) is 0 Å². The first kappa shape index (κ1) is 8.92. The monoisotopic (exact) mass is 131 g/mol. The summed E-state index contributed by atoms with van der Waals surface area (Å²) in [5.41, 5.74) is 0. The highest BCUT2D eigenvalue weighted by Crippen LogP contribution is 1.92. The van der Waals surface area contributed by atoms with Gasteiger partial charge in [-0.05, 0) is 32.9 Å². The van der Waals surface area contributed by atoms with Gasteiger partial charge in [0, 0.05) is 13.7 Å². The Kier molecular flexibility index (Phi) is 7.85. The first-order valence-corrected chi connectivity index (χ1v) is 3.55. The van der Waals surface area contributed by atoms with Gasteiger partial charge in [0.15, 0.2) is 0 Å². The van der Waals surface area contributed by atoms with Gasteiger partial charge in [0.25, 0.3) is 0 Å². The molecule has 0 aromatic heterocycles. The van der Waals surface area contributed by atoms with Crippen molar-refractivity contribution in [2.45, 2.75) is 19.3 Å². The number of hydrogen-bond acceptors (Lipinski definition) is 2. The molecule has 0 saturated heterocycles. The van der Waals surface area contributed by atoms with Crippen LogP contribution in [0.3, 0.4) is 0 Å². The Labute approximate surface area is 57.6 Å². The second-order valence-electron chi connectivity index (χ2n) is 2.16. The van der Waals surface area contributed by atoms with Crippen LogP contribution in [-0.4, -0.2) is 27.3 Å². The molecule has 0 rings (SSSR count). The van der Waals surface area contributed by atoms with E-state index < -0.39 is 0 Å². The van der Waals surface area contributed by atoms with Crippen LogP contribution in [0, 0.1) is 0 Å². The maximum absolute atomic E-state index is 4.90. The van der Waals surface area contributed by atoms with Crippen molar-refractivity contribution in [3.05, 3.63) is 0 Å². The van der Waals surface area contributed by atoms with Crippen molar-refractivity contribution in [3.63, 3.8) is 0 Å². The third-order valence-corrected chi connectivity index (χ3v) is 1.28. The highest BCUT2D eigenvalue weighted by Gasteiger charge is 1.85. The molecule has 0 aliphatic rings. The van der Waals surface area contributed by atoms with Crippen molar-refractivity contribution in [1.29, 1.82) is 0 Å². The van der Waals surface area contributed by atoms with E-state index in [0.29, 0.717) is 0 Å². The molecule has 0 spiro atoms. The quantitative estimate of drug-likeness (QED) is 0.543. The molecule has 0 amide bonds. The molecule has 0 aromatic carbocycles. The van der Waals surface area contributed by atoms with Crippen LogP contribution in [0.4, 0.5) is 0 Å². The summed E-state index contributed by atoms with van der Waals surface area (Å²) in [5.74, 6) is 0. The van der Waals surface area contributed by atoms with Crippen molar-refractivity contribution in [3.8, 4) is 0 Å². The van der Waals surface area contributed by atoms with Gasteiger partial charge >= 0.3 is 0 Å². The lowest BCUT2D eigenvalue weighted by molar-refractivity contribution is 0.192. The molecule has 9 heavy (non-hydrogen) atoms. The largest absolute Gasteiger partial charge is 0.385 e. The Morgan fingerprint density at radius 1 is 1.22 bits per heavy atom. The van der Waals surface area contributed by atoms with Crippen LogP contribution in [-0.2, 0) is 4.74 Å². The van der Waals surface area contributed by atoms with E-state index in [0.717, 1.165) is 13.2 Å². The highest BCUT2D eigenvalue weighted by molar-refractivity contribution is 4.42. The minimum atomic E-state index is 0.906. The standard InChI is InChI=1S/C7H17NO/c1-8-6-4-3-5-7-9-2/h8H,3-7H2,1-2H3. The molecule has 1 N–H and O–H groups in total. The molecular weight excluding hydrogens is 114 g/mol. The molecule has 0 aliphatic heterocycles. The second-order valence-corrected chi connectivity index (χ2v) is 2.16. The van der Waals surface area contributed by atoms with E-state index in [1.165, 1.54) is 19.3 Å². The zero-order valence-corrected chi connectivity index (χ0v) is 6.44. The molecule has 0 fully saturated rings. The Bertz CT molecular complexity index is 42.2. The third kappa shape index (κ3) is 7.92. The lowest BCUT2D eigenvalue weighted by Gasteiger charge is -1.98. The molecule has 0 heterocycles. The number of unbranched alkanes of at least 4 members (excludes halogenated alkanes) is 2. The van der Waals surface area contributed by atoms with E-state index >= 15 is 0 Å². The SMILES string of the molecule is CNCCCCCOC. The lowest BCUT2D eigenvalue weighted by atomic mass is 10.2. The topological polar surface area (TPSA) is 21.3 Å². The summed E-state index contributed by atoms with van der Waals surface area (Å²) in [6, 6.07) is 0. The smallest absolute Gasteiger partial charge is 0.0462 e. The molecule has 0 aromatic rings. The van der Waals surface area contributed by atoms with Gasteiger partial charge in [-0.2, -0.15) is 0 Å². The van der Waals surface area contributed by atoms with Crippen LogP contribution in [0.25, 0.3) is 0 Å². The number of rotatable bonds is 6. The summed E-state index contributed by atoms with van der Waals surface area (Å²) in [7, 11) is 3.73. The van der Waals surface area contributed by atoms with E-state index in [-0.39, 0.29) is 0 Å². The van der Waals surface area contributed by atoms with Crippen molar-refractivity contribution in [2.75, 3.05) is 27.3 Å². The van der Waals surface area contributed by atoms with Gasteiger partial charge in [0.05, 0.1) is 0 Å². The molecule has 0 bridgehead atoms. The van der Waals surface area contributed by atoms with Crippen LogP contribution in [0.5, 0.6) is 0 Å². The van der Waals surface area contributed by atoms with Gasteiger partial charge < -0.3 is 10.1 Å². The average Bonchev–Trinajstić information content (AvgIpc) is 1.89. The van der Waals surface area contributed by atoms with Gasteiger partial charge in [-0.25, -0.2) is 0 Å². The normalized spacial score (nSPS) is 10.0. The molecule has 0 unspecified atom stereocenters. The van der Waals surface area contributed by atoms with Gasteiger partial charge in [-0.3, -0.25) is 0 Å². The highest BCUT2D eigenvalue weighted by atomic mass is 16.5. The molecule has 0 atom stereocenters. The fourth-order valence-corrected chi connectivity index (χ4v) is 0.725. The zero-order valence-electron chi connectivity index (χ0n) is 6.44. The molecular formula is C7H17NO. The Morgan fingerprint density at radius 3 is 2.56 bits per heavy atom. The van der Waals surface area contributed by atoms with Crippen LogP contribution >= 0.6 is 0 Å². The van der Waals surface area contributed by atoms with E-state index in [1.807, 2.05) is 7.05 Å². The minimum absolute atomic E-state index is 0.906. The maximum atomic E-state index is 4.90. The molecule has 56 valence electrons. The van der Waals surface area contributed by atoms with E-state index in [4.69, 9.17) is 4.74 Å². The van der Waals surface area contributed by atoms with Gasteiger partial charge in [0.2, 0.25) is 0 Å². The number of methoxy groups -OCH3 is 1. The first-order chi connectivity index (χ1) is 4.41. The van der Waals surface area contributed by atoms with Crippen LogP contribution < -0.4 is 5.32 Å². The fraction of sp³-hybridized carbons (Fsp3) is 1.00. The third-order valence-electron chi connectivity index (χ3n) is 1.28. The van der Waals surface area contributed by atoms with Crippen molar-refractivity contribution in [2.24, 2.45) is 0 Å². The van der Waals surface area contributed by atoms with Crippen molar-refractivity contribution >= 4 is 0 Å². The van der Waals surface area contributed by atoms with E-state index in [2.05, 4.69) is 5.32 Å². The fourth-order valence-electron chi connectivity index (χ4n) is 0.725. The average molecular weight is 131 g/mol. The zero-order chi connectivity index (χ0) is 6.95. The Morgan fingerprint density at radius 2 is 2.00 bits per heavy atom. The molecule has 2 heteroatoms. The molecule has 0 saturated carbocycles. The summed E-state index contributed by atoms with van der Waals surface area (Å²) in [4.78, 5) is 0. The minimum Gasteiger partial charge on any atom is -0.385 e. The predicted octanol–water partition coefficient (Wildman–Crippen LogP) is 1.02. The number of hydrogen-bond donors (Lipinski definition) is 1. The molecule has 2 nitrogen and oxygen atoms in total. The Balaban J connectivity index is 2.60. The molecule has 0 radical (unpaired) electrons. The van der Waals surface area contributed by atoms with Gasteiger partial charge in [-0.15, -0.1) is 0 Å². The lowest BCUT2D eigenvalue weighted by Crippen LogP contribution is -2.07. The number of nitrogens with one attached hydrogen (secondary N) is 1. The molecule has 0 aliphatic carbocycles. The van der Waals surface area contributed by atoms with Gasteiger partial charge in [-0.1, -0.05) is 0 Å². The van der Waals surface area contributed by atoms with Crippen LogP contribution in [0.1, 0.15) is 19.3 Å². The van der Waals surface area contributed by atoms with Crippen molar-refractivity contribution in [1.82, 2.24) is 5.32 Å². The summed E-state index contributed by atoms with van der Waals surface area (Å²) in [5, 5.41) is 3.10. The Hall–Kier alpha value is -0.0800. The summed E-state index contributed by atoms with van der Waals surface area (Å²) in [6.45, 7) is 2.04. The van der Waals surface area contributed by atoms with Gasteiger partial charge in [0.1, 0.15) is 0 Å². The van der Waals surface area contributed by atoms with E-state index in [9.17, 15) is 0 Å². The summed E-state index contributed by atoms with van der Waals surface area (Å²) in [6.07, 6.45) is 3.73. The second kappa shape index (κ2) is 7.92. The van der Waals surface area contributed by atoms with E-state index in [1.54, 1.807) is 7.11 Å². The van der Waals surface area contributed by atoms with Crippen LogP contribution in [0.15, 0.2) is 0 Å². The number of ether oxygens (including phenoxy) is 1. The summed E-state index contributed by atoms with van der Waals surface area (Å²) >= 11 is 0. The first-order valence-electron chi connectivity index (χ1n) is 3.55. The van der Waals surface area contributed by atoms with Crippen molar-refractivity contribution < 1.29 is 4.74 Å².